The van der Waals surface area contributed by atoms with Crippen molar-refractivity contribution in [1.29, 1.82) is 0 Å². The summed E-state index contributed by atoms with van der Waals surface area (Å²) >= 11 is 3.49. The predicted octanol–water partition coefficient (Wildman–Crippen LogP) is 3.30. The van der Waals surface area contributed by atoms with Gasteiger partial charge in [0.25, 0.3) is 0 Å². The van der Waals surface area contributed by atoms with Gasteiger partial charge in [0.15, 0.2) is 0 Å². The monoisotopic (exact) mass is 331 g/mol. The Balaban J connectivity index is 1.99. The van der Waals surface area contributed by atoms with Crippen LogP contribution in [0.15, 0.2) is 47.2 Å². The van der Waals surface area contributed by atoms with Crippen LogP contribution in [0.2, 0.25) is 0 Å². The SMILES string of the molecule is NCC(c1cncc(Br)c1)N1CCCc2ccccc21. The molecule has 3 rings (SSSR count). The number of hydrogen-bond acceptors (Lipinski definition) is 3. The third-order valence-corrected chi connectivity index (χ3v) is 4.29. The zero-order valence-electron chi connectivity index (χ0n) is 11.3. The highest BCUT2D eigenvalue weighted by Crippen LogP contribution is 2.33. The van der Waals surface area contributed by atoms with Gasteiger partial charge in [0, 0.05) is 35.6 Å². The van der Waals surface area contributed by atoms with Crippen LogP contribution < -0.4 is 10.6 Å². The molecule has 4 heteroatoms. The number of rotatable bonds is 3. The normalized spacial score (nSPS) is 15.8. The molecule has 0 aliphatic carbocycles. The smallest absolute Gasteiger partial charge is 0.0680 e. The van der Waals surface area contributed by atoms with Crippen molar-refractivity contribution in [2.45, 2.75) is 18.9 Å². The van der Waals surface area contributed by atoms with Crippen LogP contribution in [0.25, 0.3) is 0 Å². The highest BCUT2D eigenvalue weighted by atomic mass is 79.9. The molecule has 1 aromatic heterocycles. The molecule has 1 aliphatic heterocycles. The number of anilines is 1. The van der Waals surface area contributed by atoms with Gasteiger partial charge in [-0.05, 0) is 52.0 Å². The summed E-state index contributed by atoms with van der Waals surface area (Å²) in [5.74, 6) is 0. The minimum Gasteiger partial charge on any atom is -0.363 e. The van der Waals surface area contributed by atoms with E-state index in [-0.39, 0.29) is 6.04 Å². The summed E-state index contributed by atoms with van der Waals surface area (Å²) in [6.07, 6.45) is 6.05. The molecule has 0 amide bonds. The Kier molecular flexibility index (Phi) is 4.03. The van der Waals surface area contributed by atoms with E-state index in [0.29, 0.717) is 6.54 Å². The van der Waals surface area contributed by atoms with Crippen LogP contribution in [-0.2, 0) is 6.42 Å². The van der Waals surface area contributed by atoms with Gasteiger partial charge >= 0.3 is 0 Å². The van der Waals surface area contributed by atoms with Crippen LogP contribution in [0.3, 0.4) is 0 Å². The fourth-order valence-electron chi connectivity index (χ4n) is 2.94. The molecule has 0 fully saturated rings. The van der Waals surface area contributed by atoms with Crippen LogP contribution in [-0.4, -0.2) is 18.1 Å². The Bertz CT molecular complexity index is 600. The Hall–Kier alpha value is -1.39. The number of aromatic nitrogens is 1. The number of aryl methyl sites for hydroxylation is 1. The maximum atomic E-state index is 6.06. The van der Waals surface area contributed by atoms with Crippen LogP contribution in [0, 0.1) is 0 Å². The molecule has 0 saturated carbocycles. The van der Waals surface area contributed by atoms with E-state index in [1.807, 2.05) is 6.20 Å². The topological polar surface area (TPSA) is 42.1 Å². The van der Waals surface area contributed by atoms with E-state index in [0.717, 1.165) is 17.4 Å². The van der Waals surface area contributed by atoms with Gasteiger partial charge < -0.3 is 10.6 Å². The van der Waals surface area contributed by atoms with Crippen LogP contribution >= 0.6 is 15.9 Å². The molecular formula is C16H18BrN3. The lowest BCUT2D eigenvalue weighted by molar-refractivity contribution is 0.586. The van der Waals surface area contributed by atoms with Crippen LogP contribution in [0.5, 0.6) is 0 Å². The van der Waals surface area contributed by atoms with Gasteiger partial charge in [-0.3, -0.25) is 4.98 Å². The van der Waals surface area contributed by atoms with Crippen molar-refractivity contribution in [3.63, 3.8) is 0 Å². The molecular weight excluding hydrogens is 314 g/mol. The Labute approximate surface area is 127 Å². The first-order chi connectivity index (χ1) is 9.79. The standard InChI is InChI=1S/C16H18BrN3/c17-14-8-13(10-19-11-14)16(9-18)20-7-3-5-12-4-1-2-6-15(12)20/h1-2,4,6,8,10-11,16H,3,5,7,9,18H2. The molecule has 2 heterocycles. The predicted molar refractivity (Wildman–Crippen MR) is 85.8 cm³/mol. The molecule has 1 atom stereocenters. The van der Waals surface area contributed by atoms with E-state index in [2.05, 4.69) is 56.1 Å². The second-order valence-corrected chi connectivity index (χ2v) is 6.03. The lowest BCUT2D eigenvalue weighted by Crippen LogP contribution is -2.37. The zero-order valence-corrected chi connectivity index (χ0v) is 12.9. The van der Waals surface area contributed by atoms with Gasteiger partial charge in [0.2, 0.25) is 0 Å². The largest absolute Gasteiger partial charge is 0.363 e. The fourth-order valence-corrected chi connectivity index (χ4v) is 3.32. The fraction of sp³-hybridized carbons (Fsp3) is 0.312. The second-order valence-electron chi connectivity index (χ2n) is 5.11. The molecule has 2 N–H and O–H groups in total. The Morgan fingerprint density at radius 3 is 2.95 bits per heavy atom. The summed E-state index contributed by atoms with van der Waals surface area (Å²) < 4.78 is 0.999. The molecule has 0 radical (unpaired) electrons. The van der Waals surface area contributed by atoms with E-state index in [9.17, 15) is 0 Å². The average molecular weight is 332 g/mol. The maximum absolute atomic E-state index is 6.06. The van der Waals surface area contributed by atoms with Crippen molar-refractivity contribution < 1.29 is 0 Å². The number of fused-ring (bicyclic) bond motifs is 1. The third-order valence-electron chi connectivity index (χ3n) is 3.86. The van der Waals surface area contributed by atoms with Crippen molar-refractivity contribution in [2.24, 2.45) is 5.73 Å². The summed E-state index contributed by atoms with van der Waals surface area (Å²) in [4.78, 5) is 6.69. The first-order valence-electron chi connectivity index (χ1n) is 6.94. The number of halogens is 1. The summed E-state index contributed by atoms with van der Waals surface area (Å²) in [5, 5.41) is 0. The van der Waals surface area contributed by atoms with Gasteiger partial charge in [-0.15, -0.1) is 0 Å². The van der Waals surface area contributed by atoms with Gasteiger partial charge in [-0.25, -0.2) is 0 Å². The van der Waals surface area contributed by atoms with Crippen LogP contribution in [0.1, 0.15) is 23.6 Å². The Morgan fingerprint density at radius 2 is 2.15 bits per heavy atom. The van der Waals surface area contributed by atoms with Crippen molar-refractivity contribution in [3.05, 3.63) is 58.3 Å². The van der Waals surface area contributed by atoms with Crippen molar-refractivity contribution in [1.82, 2.24) is 4.98 Å². The Morgan fingerprint density at radius 1 is 1.30 bits per heavy atom. The van der Waals surface area contributed by atoms with Crippen molar-refractivity contribution in [2.75, 3.05) is 18.0 Å². The van der Waals surface area contributed by atoms with Crippen molar-refractivity contribution in [3.8, 4) is 0 Å². The summed E-state index contributed by atoms with van der Waals surface area (Å²) in [7, 11) is 0. The van der Waals surface area contributed by atoms with E-state index in [1.54, 1.807) is 6.20 Å². The molecule has 1 aliphatic rings. The lowest BCUT2D eigenvalue weighted by Gasteiger charge is -2.37. The van der Waals surface area contributed by atoms with Crippen molar-refractivity contribution >= 4 is 21.6 Å². The second kappa shape index (κ2) is 5.94. The number of nitrogens with two attached hydrogens (primary N) is 1. The molecule has 20 heavy (non-hydrogen) atoms. The summed E-state index contributed by atoms with van der Waals surface area (Å²) in [5.41, 5.74) is 9.95. The quantitative estimate of drug-likeness (QED) is 0.938. The molecule has 1 aromatic carbocycles. The first-order valence-corrected chi connectivity index (χ1v) is 7.74. The highest BCUT2D eigenvalue weighted by Gasteiger charge is 2.24. The number of benzene rings is 1. The number of pyridine rings is 1. The van der Waals surface area contributed by atoms with E-state index in [1.165, 1.54) is 23.2 Å². The van der Waals surface area contributed by atoms with Crippen LogP contribution in [0.4, 0.5) is 5.69 Å². The number of hydrogen-bond donors (Lipinski definition) is 1. The van der Waals surface area contributed by atoms with Gasteiger partial charge in [0.1, 0.15) is 0 Å². The molecule has 104 valence electrons. The number of nitrogens with zero attached hydrogens (tertiary/aromatic N) is 2. The van der Waals surface area contributed by atoms with E-state index < -0.39 is 0 Å². The van der Waals surface area contributed by atoms with E-state index >= 15 is 0 Å². The van der Waals surface area contributed by atoms with Gasteiger partial charge in [0.05, 0.1) is 6.04 Å². The minimum atomic E-state index is 0.182. The summed E-state index contributed by atoms with van der Waals surface area (Å²) in [6.45, 7) is 1.64. The number of para-hydroxylation sites is 1. The van der Waals surface area contributed by atoms with E-state index in [4.69, 9.17) is 5.73 Å². The zero-order chi connectivity index (χ0) is 13.9. The lowest BCUT2D eigenvalue weighted by atomic mass is 9.98. The first kappa shape index (κ1) is 13.6. The molecule has 3 nitrogen and oxygen atoms in total. The highest BCUT2D eigenvalue weighted by molar-refractivity contribution is 9.10. The summed E-state index contributed by atoms with van der Waals surface area (Å²) in [6, 6.07) is 10.9. The molecule has 0 saturated heterocycles. The third kappa shape index (κ3) is 2.58. The maximum Gasteiger partial charge on any atom is 0.0680 e. The average Bonchev–Trinajstić information content (AvgIpc) is 2.48. The molecule has 1 unspecified atom stereocenters. The minimum absolute atomic E-state index is 0.182. The molecule has 2 aromatic rings. The van der Waals surface area contributed by atoms with Gasteiger partial charge in [-0.1, -0.05) is 18.2 Å². The molecule has 0 spiro atoms. The van der Waals surface area contributed by atoms with Gasteiger partial charge in [-0.2, -0.15) is 0 Å². The molecule has 0 bridgehead atoms.